The highest BCUT2D eigenvalue weighted by Crippen LogP contribution is 2.22. The maximum absolute atomic E-state index is 5.79. The van der Waals surface area contributed by atoms with Gasteiger partial charge in [-0.1, -0.05) is 56.0 Å². The van der Waals surface area contributed by atoms with E-state index < -0.39 is 0 Å². The molecule has 0 N–H and O–H groups in total. The number of hydrogen-bond acceptors (Lipinski definition) is 1. The minimum Gasteiger partial charge on any atom is -0.494 e. The Morgan fingerprint density at radius 3 is 2.50 bits per heavy atom. The molecule has 0 spiro atoms. The highest BCUT2D eigenvalue weighted by atomic mass is 16.5. The van der Waals surface area contributed by atoms with E-state index in [0.29, 0.717) is 0 Å². The Morgan fingerprint density at radius 1 is 0.889 bits per heavy atom. The molecule has 1 heteroatoms. The van der Waals surface area contributed by atoms with Crippen molar-refractivity contribution in [2.75, 3.05) is 6.61 Å². The Morgan fingerprint density at radius 2 is 1.67 bits per heavy atom. The lowest BCUT2D eigenvalue weighted by atomic mass is 10.1. The lowest BCUT2D eigenvalue weighted by molar-refractivity contribution is 0.305. The van der Waals surface area contributed by atoms with Crippen LogP contribution in [-0.4, -0.2) is 6.61 Å². The maximum Gasteiger partial charge on any atom is 0.119 e. The molecular formula is C17H22O. The number of benzene rings is 2. The molecule has 96 valence electrons. The van der Waals surface area contributed by atoms with E-state index in [1.165, 1.54) is 35.6 Å². The second-order valence-corrected chi connectivity index (χ2v) is 4.92. The Bertz CT molecular complexity index is 502. The van der Waals surface area contributed by atoms with Crippen molar-refractivity contribution >= 4 is 10.8 Å². The van der Waals surface area contributed by atoms with Gasteiger partial charge in [-0.15, -0.1) is 0 Å². The fourth-order valence-electron chi connectivity index (χ4n) is 2.15. The smallest absolute Gasteiger partial charge is 0.119 e. The summed E-state index contributed by atoms with van der Waals surface area (Å²) in [6.07, 6.45) is 5.00. The zero-order chi connectivity index (χ0) is 12.8. The molecule has 0 saturated heterocycles. The predicted octanol–water partition coefficient (Wildman–Crippen LogP) is 5.11. The van der Waals surface area contributed by atoms with E-state index in [2.05, 4.69) is 50.2 Å². The van der Waals surface area contributed by atoms with Crippen LogP contribution in [0.1, 0.15) is 38.2 Å². The zero-order valence-electron chi connectivity index (χ0n) is 11.4. The van der Waals surface area contributed by atoms with Gasteiger partial charge in [-0.25, -0.2) is 0 Å². The van der Waals surface area contributed by atoms with Gasteiger partial charge in [0.15, 0.2) is 0 Å². The summed E-state index contributed by atoms with van der Waals surface area (Å²) in [6, 6.07) is 12.9. The molecule has 2 aromatic rings. The van der Waals surface area contributed by atoms with E-state index in [1.54, 1.807) is 0 Å². The Labute approximate surface area is 110 Å². The van der Waals surface area contributed by atoms with Crippen molar-refractivity contribution in [2.24, 2.45) is 0 Å². The van der Waals surface area contributed by atoms with Crippen LogP contribution in [0, 0.1) is 6.92 Å². The van der Waals surface area contributed by atoms with Crippen molar-refractivity contribution in [1.29, 1.82) is 0 Å². The molecule has 0 aromatic heterocycles. The van der Waals surface area contributed by atoms with Crippen molar-refractivity contribution in [3.63, 3.8) is 0 Å². The molecule has 0 unspecified atom stereocenters. The molecule has 2 aromatic carbocycles. The first-order chi connectivity index (χ1) is 8.79. The van der Waals surface area contributed by atoms with Gasteiger partial charge in [0, 0.05) is 0 Å². The van der Waals surface area contributed by atoms with E-state index in [1.807, 2.05) is 0 Å². The maximum atomic E-state index is 5.79. The van der Waals surface area contributed by atoms with Crippen LogP contribution in [0.4, 0.5) is 0 Å². The molecular weight excluding hydrogens is 220 g/mol. The third kappa shape index (κ3) is 3.49. The van der Waals surface area contributed by atoms with Crippen LogP contribution in [-0.2, 0) is 0 Å². The Kier molecular flexibility index (Phi) is 4.63. The number of unbranched alkanes of at least 4 members (excludes halogenated alkanes) is 3. The van der Waals surface area contributed by atoms with Gasteiger partial charge < -0.3 is 4.74 Å². The summed E-state index contributed by atoms with van der Waals surface area (Å²) in [5.74, 6) is 0.989. The first kappa shape index (κ1) is 12.9. The van der Waals surface area contributed by atoms with Gasteiger partial charge in [0.05, 0.1) is 6.61 Å². The van der Waals surface area contributed by atoms with Gasteiger partial charge in [0.25, 0.3) is 0 Å². The molecule has 1 nitrogen and oxygen atoms in total. The quantitative estimate of drug-likeness (QED) is 0.640. The SMILES string of the molecule is CCCCCCOc1ccc2cc(C)ccc2c1. The zero-order valence-corrected chi connectivity index (χ0v) is 11.4. The predicted molar refractivity (Wildman–Crippen MR) is 78.3 cm³/mol. The molecule has 0 amide bonds. The van der Waals surface area contributed by atoms with Gasteiger partial charge in [-0.3, -0.25) is 0 Å². The highest BCUT2D eigenvalue weighted by molar-refractivity contribution is 5.84. The van der Waals surface area contributed by atoms with Gasteiger partial charge in [-0.05, 0) is 36.2 Å². The van der Waals surface area contributed by atoms with Crippen molar-refractivity contribution < 1.29 is 4.74 Å². The number of rotatable bonds is 6. The van der Waals surface area contributed by atoms with Gasteiger partial charge >= 0.3 is 0 Å². The molecule has 0 heterocycles. The topological polar surface area (TPSA) is 9.23 Å². The van der Waals surface area contributed by atoms with E-state index in [9.17, 15) is 0 Å². The summed E-state index contributed by atoms with van der Waals surface area (Å²) in [5, 5.41) is 2.54. The van der Waals surface area contributed by atoms with Gasteiger partial charge in [0.2, 0.25) is 0 Å². The second kappa shape index (κ2) is 6.44. The van der Waals surface area contributed by atoms with Gasteiger partial charge in [-0.2, -0.15) is 0 Å². The standard InChI is InChI=1S/C17H22O/c1-3-4-5-6-11-18-17-10-9-15-12-14(2)7-8-16(15)13-17/h7-10,12-13H,3-6,11H2,1-2H3. The average molecular weight is 242 g/mol. The normalized spacial score (nSPS) is 10.8. The third-order valence-corrected chi connectivity index (χ3v) is 3.23. The van der Waals surface area contributed by atoms with E-state index in [0.717, 1.165) is 18.8 Å². The monoisotopic (exact) mass is 242 g/mol. The van der Waals surface area contributed by atoms with Crippen LogP contribution in [0.2, 0.25) is 0 Å². The van der Waals surface area contributed by atoms with Crippen LogP contribution in [0.3, 0.4) is 0 Å². The first-order valence-corrected chi connectivity index (χ1v) is 6.93. The summed E-state index contributed by atoms with van der Waals surface area (Å²) in [6.45, 7) is 5.18. The Hall–Kier alpha value is -1.50. The van der Waals surface area contributed by atoms with Crippen molar-refractivity contribution in [1.82, 2.24) is 0 Å². The summed E-state index contributed by atoms with van der Waals surface area (Å²) < 4.78 is 5.79. The summed E-state index contributed by atoms with van der Waals surface area (Å²) in [4.78, 5) is 0. The van der Waals surface area contributed by atoms with E-state index in [4.69, 9.17) is 4.74 Å². The van der Waals surface area contributed by atoms with Crippen LogP contribution >= 0.6 is 0 Å². The fourth-order valence-corrected chi connectivity index (χ4v) is 2.15. The second-order valence-electron chi connectivity index (χ2n) is 4.92. The van der Waals surface area contributed by atoms with Crippen molar-refractivity contribution in [3.8, 4) is 5.75 Å². The minimum absolute atomic E-state index is 0.831. The molecule has 0 radical (unpaired) electrons. The molecule has 18 heavy (non-hydrogen) atoms. The molecule has 0 aliphatic heterocycles. The fraction of sp³-hybridized carbons (Fsp3) is 0.412. The number of fused-ring (bicyclic) bond motifs is 1. The van der Waals surface area contributed by atoms with E-state index >= 15 is 0 Å². The molecule has 0 aliphatic rings. The Balaban J connectivity index is 1.95. The average Bonchev–Trinajstić information content (AvgIpc) is 2.38. The highest BCUT2D eigenvalue weighted by Gasteiger charge is 1.98. The van der Waals surface area contributed by atoms with Crippen molar-refractivity contribution in [2.45, 2.75) is 39.5 Å². The number of hydrogen-bond donors (Lipinski definition) is 0. The lowest BCUT2D eigenvalue weighted by Gasteiger charge is -2.07. The van der Waals surface area contributed by atoms with Crippen molar-refractivity contribution in [3.05, 3.63) is 42.0 Å². The summed E-state index contributed by atoms with van der Waals surface area (Å²) in [5.41, 5.74) is 1.30. The minimum atomic E-state index is 0.831. The number of aryl methyl sites for hydroxylation is 1. The molecule has 0 atom stereocenters. The summed E-state index contributed by atoms with van der Waals surface area (Å²) in [7, 11) is 0. The largest absolute Gasteiger partial charge is 0.494 e. The van der Waals surface area contributed by atoms with E-state index in [-0.39, 0.29) is 0 Å². The summed E-state index contributed by atoms with van der Waals surface area (Å²) >= 11 is 0. The molecule has 0 aliphatic carbocycles. The van der Waals surface area contributed by atoms with Crippen LogP contribution in [0.15, 0.2) is 36.4 Å². The first-order valence-electron chi connectivity index (χ1n) is 6.93. The lowest BCUT2D eigenvalue weighted by Crippen LogP contribution is -1.97. The third-order valence-electron chi connectivity index (χ3n) is 3.23. The number of ether oxygens (including phenoxy) is 1. The molecule has 0 saturated carbocycles. The molecule has 0 bridgehead atoms. The van der Waals surface area contributed by atoms with Crippen LogP contribution in [0.5, 0.6) is 5.75 Å². The molecule has 0 fully saturated rings. The van der Waals surface area contributed by atoms with Crippen LogP contribution in [0.25, 0.3) is 10.8 Å². The van der Waals surface area contributed by atoms with Crippen LogP contribution < -0.4 is 4.74 Å². The van der Waals surface area contributed by atoms with Gasteiger partial charge in [0.1, 0.15) is 5.75 Å². The molecule has 2 rings (SSSR count).